The van der Waals surface area contributed by atoms with Crippen molar-refractivity contribution in [2.45, 2.75) is 108 Å². The molecule has 0 bridgehead atoms. The van der Waals surface area contributed by atoms with E-state index in [1.165, 1.54) is 5.57 Å². The van der Waals surface area contributed by atoms with Crippen LogP contribution in [0.4, 0.5) is 0 Å². The van der Waals surface area contributed by atoms with E-state index < -0.39 is 34.6 Å². The summed E-state index contributed by atoms with van der Waals surface area (Å²) in [6.07, 6.45) is 5.88. The number of ketones is 1. The Kier molecular flexibility index (Phi) is 4.27. The molecule has 7 nitrogen and oxygen atoms in total. The number of ether oxygens (including phenoxy) is 3. The van der Waals surface area contributed by atoms with Gasteiger partial charge in [0.15, 0.2) is 12.1 Å². The quantitative estimate of drug-likeness (QED) is 0.406. The second-order valence-corrected chi connectivity index (χ2v) is 13.4. The van der Waals surface area contributed by atoms with Crippen molar-refractivity contribution >= 4 is 5.78 Å². The van der Waals surface area contributed by atoms with Crippen molar-refractivity contribution in [2.24, 2.45) is 34.5 Å². The fraction of sp³-hybridized carbons (Fsp3) is 0.821. The number of carbonyl (C=O) groups excluding carboxylic acids is 1. The van der Waals surface area contributed by atoms with Crippen LogP contribution < -0.4 is 0 Å². The van der Waals surface area contributed by atoms with Crippen LogP contribution in [0.2, 0.25) is 0 Å². The van der Waals surface area contributed by atoms with E-state index in [4.69, 9.17) is 14.2 Å². The van der Waals surface area contributed by atoms with Crippen LogP contribution in [0.3, 0.4) is 0 Å². The van der Waals surface area contributed by atoms with Crippen LogP contribution in [-0.2, 0) is 19.0 Å². The lowest BCUT2D eigenvalue weighted by molar-refractivity contribution is -0.194. The van der Waals surface area contributed by atoms with Gasteiger partial charge in [0.05, 0.1) is 23.7 Å². The van der Waals surface area contributed by atoms with Crippen molar-refractivity contribution in [1.82, 2.24) is 0 Å². The molecule has 0 aromatic carbocycles. The molecule has 0 spiro atoms. The summed E-state index contributed by atoms with van der Waals surface area (Å²) >= 11 is 0. The molecule has 0 aromatic rings. The maximum Gasteiger partial charge on any atom is 0.186 e. The fourth-order valence-electron chi connectivity index (χ4n) is 9.57. The average Bonchev–Trinajstić information content (AvgIpc) is 3.67. The van der Waals surface area contributed by atoms with Gasteiger partial charge < -0.3 is 29.5 Å². The molecular formula is C28H38O7. The fourth-order valence-corrected chi connectivity index (χ4v) is 9.57. The third kappa shape index (κ3) is 2.47. The summed E-state index contributed by atoms with van der Waals surface area (Å²) in [4.78, 5) is 13.3. The molecule has 5 fully saturated rings. The highest BCUT2D eigenvalue weighted by Gasteiger charge is 2.78. The Morgan fingerprint density at radius 1 is 1.14 bits per heavy atom. The second-order valence-electron chi connectivity index (χ2n) is 13.4. The van der Waals surface area contributed by atoms with Crippen molar-refractivity contribution in [2.75, 3.05) is 0 Å². The molecule has 0 unspecified atom stereocenters. The molecule has 2 saturated carbocycles. The number of aliphatic hydroxyl groups excluding tert-OH is 2. The first kappa shape index (κ1) is 23.1. The number of carbonyl (C=O) groups is 1. The molecule has 7 heteroatoms. The lowest BCUT2D eigenvalue weighted by Gasteiger charge is -2.60. The van der Waals surface area contributed by atoms with Gasteiger partial charge in [-0.3, -0.25) is 4.79 Å². The van der Waals surface area contributed by atoms with Crippen LogP contribution in [0, 0.1) is 34.5 Å². The summed E-state index contributed by atoms with van der Waals surface area (Å²) in [7, 11) is 0. The van der Waals surface area contributed by atoms with Crippen molar-refractivity contribution in [3.8, 4) is 0 Å². The third-order valence-corrected chi connectivity index (χ3v) is 12.1. The van der Waals surface area contributed by atoms with E-state index in [2.05, 4.69) is 13.8 Å². The number of allylic oxidation sites excluding steroid dienone is 1. The van der Waals surface area contributed by atoms with E-state index >= 15 is 0 Å². The molecule has 0 amide bonds. The van der Waals surface area contributed by atoms with Crippen LogP contribution in [0.15, 0.2) is 23.8 Å². The zero-order valence-electron chi connectivity index (χ0n) is 21.2. The van der Waals surface area contributed by atoms with Gasteiger partial charge in [-0.2, -0.15) is 0 Å². The monoisotopic (exact) mass is 486 g/mol. The normalized spacial score (nSPS) is 62.6. The number of hydrogen-bond acceptors (Lipinski definition) is 7. The van der Waals surface area contributed by atoms with Crippen LogP contribution in [-0.4, -0.2) is 68.6 Å². The standard InChI is InChI=1S/C28H38O7/c1-13(17-12-25(3)27(5,35-25)23(31)33-17)15-11-16(29)20-19-14(8-10-24(15,20)2)26(4)18(30)7-6-9-28(26,32)22-21(19)34-22/h6-7,11,13-14,16-17,19-23,29,31-32H,8-10,12H2,1-5H3/t13-,14-,16-,17+,19+,20-,21-,22-,23+,24+,25-,26-,27+,28-/m0/s1. The van der Waals surface area contributed by atoms with E-state index in [-0.39, 0.29) is 53.2 Å². The second kappa shape index (κ2) is 6.48. The molecule has 3 N–H and O–H groups in total. The van der Waals surface area contributed by atoms with E-state index in [1.54, 1.807) is 12.2 Å². The van der Waals surface area contributed by atoms with E-state index in [9.17, 15) is 20.1 Å². The molecule has 35 heavy (non-hydrogen) atoms. The Morgan fingerprint density at radius 2 is 1.89 bits per heavy atom. The summed E-state index contributed by atoms with van der Waals surface area (Å²) in [6, 6.07) is 0. The molecule has 7 aliphatic rings. The van der Waals surface area contributed by atoms with Gasteiger partial charge >= 0.3 is 0 Å². The Labute approximate surface area is 206 Å². The van der Waals surface area contributed by atoms with Gasteiger partial charge in [-0.1, -0.05) is 31.6 Å². The summed E-state index contributed by atoms with van der Waals surface area (Å²) in [6.45, 7) is 10.2. The summed E-state index contributed by atoms with van der Waals surface area (Å²) < 4.78 is 18.2. The zero-order valence-corrected chi connectivity index (χ0v) is 21.2. The average molecular weight is 487 g/mol. The van der Waals surface area contributed by atoms with Crippen LogP contribution in [0.1, 0.15) is 60.3 Å². The molecule has 4 aliphatic carbocycles. The van der Waals surface area contributed by atoms with Crippen molar-refractivity contribution in [1.29, 1.82) is 0 Å². The first-order chi connectivity index (χ1) is 16.3. The first-order valence-electron chi connectivity index (χ1n) is 13.3. The Bertz CT molecular complexity index is 1070. The van der Waals surface area contributed by atoms with Crippen molar-refractivity contribution < 1.29 is 34.3 Å². The Balaban J connectivity index is 1.21. The van der Waals surface area contributed by atoms with E-state index in [0.29, 0.717) is 12.8 Å². The molecule has 3 heterocycles. The number of hydrogen-bond donors (Lipinski definition) is 3. The largest absolute Gasteiger partial charge is 0.389 e. The highest BCUT2D eigenvalue weighted by Crippen LogP contribution is 2.71. The summed E-state index contributed by atoms with van der Waals surface area (Å²) in [5, 5.41) is 33.9. The van der Waals surface area contributed by atoms with E-state index in [0.717, 1.165) is 12.8 Å². The maximum absolute atomic E-state index is 13.3. The van der Waals surface area contributed by atoms with Crippen molar-refractivity contribution in [3.05, 3.63) is 23.8 Å². The van der Waals surface area contributed by atoms with Crippen molar-refractivity contribution in [3.63, 3.8) is 0 Å². The van der Waals surface area contributed by atoms with Gasteiger partial charge in [-0.15, -0.1) is 0 Å². The van der Waals surface area contributed by atoms with Gasteiger partial charge in [0.2, 0.25) is 0 Å². The number of fused-ring (bicyclic) bond motifs is 9. The van der Waals surface area contributed by atoms with Gasteiger partial charge in [0.25, 0.3) is 0 Å². The molecule has 3 aliphatic heterocycles. The minimum atomic E-state index is -1.18. The molecular weight excluding hydrogens is 448 g/mol. The van der Waals surface area contributed by atoms with Crippen LogP contribution in [0.5, 0.6) is 0 Å². The summed E-state index contributed by atoms with van der Waals surface area (Å²) in [5.74, 6) is -0.140. The van der Waals surface area contributed by atoms with Gasteiger partial charge in [0, 0.05) is 18.3 Å². The Morgan fingerprint density at radius 3 is 2.60 bits per heavy atom. The molecule has 7 rings (SSSR count). The highest BCUT2D eigenvalue weighted by atomic mass is 16.7. The lowest BCUT2D eigenvalue weighted by atomic mass is 9.43. The molecule has 0 radical (unpaired) electrons. The predicted molar refractivity (Wildman–Crippen MR) is 125 cm³/mol. The lowest BCUT2D eigenvalue weighted by Crippen LogP contribution is -2.68. The number of aliphatic hydroxyl groups is 3. The van der Waals surface area contributed by atoms with Crippen LogP contribution >= 0.6 is 0 Å². The van der Waals surface area contributed by atoms with Gasteiger partial charge in [-0.05, 0) is 63.4 Å². The zero-order chi connectivity index (χ0) is 24.9. The number of epoxide rings is 2. The smallest absolute Gasteiger partial charge is 0.186 e. The molecule has 14 atom stereocenters. The third-order valence-electron chi connectivity index (χ3n) is 12.1. The minimum Gasteiger partial charge on any atom is -0.389 e. The summed E-state index contributed by atoms with van der Waals surface area (Å²) in [5.41, 5.74) is -2.22. The molecule has 3 saturated heterocycles. The van der Waals surface area contributed by atoms with E-state index in [1.807, 2.05) is 26.8 Å². The van der Waals surface area contributed by atoms with Crippen LogP contribution in [0.25, 0.3) is 0 Å². The molecule has 0 aromatic heterocycles. The topological polar surface area (TPSA) is 112 Å². The number of rotatable bonds is 2. The maximum atomic E-state index is 13.3. The first-order valence-corrected chi connectivity index (χ1v) is 13.3. The van der Waals surface area contributed by atoms with Gasteiger partial charge in [0.1, 0.15) is 22.9 Å². The SMILES string of the molecule is C[C@@H](C1=C[C@H](O)[C@H]2[C@@H]3[C@@H]4O[C@@H]4[C@@]4(O)CC=CC(=O)[C@]4(C)[C@H]3CC[C@]12C)[C@H]1C[C@]2(C)O[C@]2(C)[C@H](O)O1. The van der Waals surface area contributed by atoms with Gasteiger partial charge in [-0.25, -0.2) is 0 Å². The minimum absolute atomic E-state index is 0.000800. The molecule has 192 valence electrons. The highest BCUT2D eigenvalue weighted by molar-refractivity contribution is 5.97. The predicted octanol–water partition coefficient (Wildman–Crippen LogP) is 2.27. The Hall–Kier alpha value is -1.09.